The molecule has 1 saturated carbocycles. The van der Waals surface area contributed by atoms with Crippen LogP contribution in [-0.4, -0.2) is 38.0 Å². The molecule has 200 valence electrons. The molecular formula is C30H34N2O5S. The van der Waals surface area contributed by atoms with E-state index in [2.05, 4.69) is 5.32 Å². The van der Waals surface area contributed by atoms with E-state index in [4.69, 9.17) is 9.47 Å². The molecule has 7 nitrogen and oxygen atoms in total. The van der Waals surface area contributed by atoms with E-state index < -0.39 is 15.4 Å². The molecule has 2 heterocycles. The number of benzene rings is 3. The second-order valence-electron chi connectivity index (χ2n) is 10.6. The Balaban J connectivity index is 0.00000308. The molecule has 1 aliphatic carbocycles. The first-order valence-corrected chi connectivity index (χ1v) is 14.7. The molecule has 1 saturated heterocycles. The van der Waals surface area contributed by atoms with Gasteiger partial charge in [-0.05, 0) is 98.2 Å². The number of nitrogens with zero attached hydrogens (tertiary/aromatic N) is 1. The van der Waals surface area contributed by atoms with E-state index in [1.54, 1.807) is 16.4 Å². The van der Waals surface area contributed by atoms with E-state index in [1.807, 2.05) is 62.4 Å². The number of sulfonamides is 1. The van der Waals surface area contributed by atoms with Gasteiger partial charge in [0.15, 0.2) is 11.5 Å². The van der Waals surface area contributed by atoms with Crippen molar-refractivity contribution in [3.8, 4) is 22.6 Å². The molecule has 1 atom stereocenters. The van der Waals surface area contributed by atoms with Crippen molar-refractivity contribution in [1.29, 1.82) is 0 Å². The van der Waals surface area contributed by atoms with Crippen LogP contribution in [0, 0.1) is 6.92 Å². The van der Waals surface area contributed by atoms with Gasteiger partial charge in [-0.2, -0.15) is 4.31 Å². The molecule has 0 spiro atoms. The lowest BCUT2D eigenvalue weighted by atomic mass is 9.94. The van der Waals surface area contributed by atoms with Crippen molar-refractivity contribution < 1.29 is 24.1 Å². The molecule has 0 aromatic heterocycles. The molecule has 0 bridgehead atoms. The molecule has 8 heteroatoms. The van der Waals surface area contributed by atoms with Crippen molar-refractivity contribution in [3.63, 3.8) is 0 Å². The quantitative estimate of drug-likeness (QED) is 0.428. The Kier molecular flexibility index (Phi) is 6.19. The zero-order valence-electron chi connectivity index (χ0n) is 21.7. The van der Waals surface area contributed by atoms with Gasteiger partial charge in [0, 0.05) is 19.7 Å². The number of carbonyl (C=O) groups is 1. The van der Waals surface area contributed by atoms with Crippen LogP contribution in [-0.2, 0) is 20.2 Å². The number of hydrogen-bond acceptors (Lipinski definition) is 5. The van der Waals surface area contributed by atoms with Gasteiger partial charge >= 0.3 is 0 Å². The first kappa shape index (κ1) is 24.9. The summed E-state index contributed by atoms with van der Waals surface area (Å²) >= 11 is 0. The lowest BCUT2D eigenvalue weighted by Gasteiger charge is -2.32. The Bertz CT molecular complexity index is 1500. The second kappa shape index (κ2) is 9.43. The number of amides is 1. The van der Waals surface area contributed by atoms with Crippen molar-refractivity contribution in [3.05, 3.63) is 71.8 Å². The molecule has 38 heavy (non-hydrogen) atoms. The van der Waals surface area contributed by atoms with Gasteiger partial charge in [-0.1, -0.05) is 30.7 Å². The Labute approximate surface area is 225 Å². The van der Waals surface area contributed by atoms with E-state index in [0.29, 0.717) is 28.6 Å². The monoisotopic (exact) mass is 534 g/mol. The number of rotatable bonds is 6. The smallest absolute Gasteiger partial charge is 0.243 e. The summed E-state index contributed by atoms with van der Waals surface area (Å²) in [6, 6.07) is 18.7. The van der Waals surface area contributed by atoms with Gasteiger partial charge in [-0.25, -0.2) is 8.42 Å². The molecular weight excluding hydrogens is 500 g/mol. The van der Waals surface area contributed by atoms with Crippen LogP contribution in [0.1, 0.15) is 51.6 Å². The molecule has 3 aromatic carbocycles. The number of anilines is 1. The highest BCUT2D eigenvalue weighted by Crippen LogP contribution is 2.51. The molecule has 1 unspecified atom stereocenters. The average Bonchev–Trinajstić information content (AvgIpc) is 3.60. The number of fused-ring (bicyclic) bond motifs is 1. The lowest BCUT2D eigenvalue weighted by Crippen LogP contribution is -2.41. The van der Waals surface area contributed by atoms with Gasteiger partial charge in [-0.15, -0.1) is 0 Å². The highest BCUT2D eigenvalue weighted by atomic mass is 32.2. The third kappa shape index (κ3) is 4.35. The summed E-state index contributed by atoms with van der Waals surface area (Å²) in [5.74, 6) is 1.35. The van der Waals surface area contributed by atoms with Crippen LogP contribution in [0.3, 0.4) is 0 Å². The summed E-state index contributed by atoms with van der Waals surface area (Å²) in [7, 11) is -3.52. The van der Waals surface area contributed by atoms with Crippen LogP contribution in [0.15, 0.2) is 65.6 Å². The molecule has 2 fully saturated rings. The van der Waals surface area contributed by atoms with Crippen LogP contribution in [0.4, 0.5) is 5.69 Å². The van der Waals surface area contributed by atoms with Gasteiger partial charge in [-0.3, -0.25) is 4.79 Å². The van der Waals surface area contributed by atoms with Gasteiger partial charge in [0.05, 0.1) is 10.3 Å². The summed E-state index contributed by atoms with van der Waals surface area (Å²) in [6.07, 6.45) is 4.42. The Morgan fingerprint density at radius 2 is 1.76 bits per heavy atom. The van der Waals surface area contributed by atoms with Gasteiger partial charge in [0.25, 0.3) is 0 Å². The van der Waals surface area contributed by atoms with Crippen LogP contribution in [0.2, 0.25) is 0 Å². The van der Waals surface area contributed by atoms with Crippen LogP contribution in [0.5, 0.6) is 11.5 Å². The molecule has 0 radical (unpaired) electrons. The summed E-state index contributed by atoms with van der Waals surface area (Å²) in [6.45, 7) is 4.76. The highest BCUT2D eigenvalue weighted by molar-refractivity contribution is 7.89. The van der Waals surface area contributed by atoms with Crippen LogP contribution < -0.4 is 14.8 Å². The zero-order chi connectivity index (χ0) is 26.5. The fourth-order valence-electron chi connectivity index (χ4n) is 5.60. The molecule has 1 N–H and O–H groups in total. The number of aryl methyl sites for hydroxylation is 1. The number of ether oxygens (including phenoxy) is 2. The number of carbonyl (C=O) groups excluding carboxylic acids is 1. The minimum Gasteiger partial charge on any atom is -0.454 e. The third-order valence-corrected chi connectivity index (χ3v) is 10.1. The zero-order valence-corrected chi connectivity index (χ0v) is 22.5. The molecule has 3 aliphatic rings. The van der Waals surface area contributed by atoms with Crippen molar-refractivity contribution in [1.82, 2.24) is 4.31 Å². The van der Waals surface area contributed by atoms with Gasteiger partial charge in [0.2, 0.25) is 22.7 Å². The number of nitrogens with one attached hydrogen (secondary N) is 1. The molecule has 3 aromatic rings. The predicted octanol–water partition coefficient (Wildman–Crippen LogP) is 5.87. The summed E-state index contributed by atoms with van der Waals surface area (Å²) < 4.78 is 39.0. The van der Waals surface area contributed by atoms with Crippen molar-refractivity contribution >= 4 is 21.6 Å². The van der Waals surface area contributed by atoms with Gasteiger partial charge < -0.3 is 14.8 Å². The molecule has 1 amide bonds. The maximum absolute atomic E-state index is 13.4. The minimum atomic E-state index is -3.52. The highest BCUT2D eigenvalue weighted by Gasteiger charge is 2.51. The number of hydrogen-bond donors (Lipinski definition) is 1. The topological polar surface area (TPSA) is 84.9 Å². The van der Waals surface area contributed by atoms with Crippen LogP contribution >= 0.6 is 0 Å². The fraction of sp³-hybridized carbons (Fsp3) is 0.367. The summed E-state index contributed by atoms with van der Waals surface area (Å²) in [5, 5.41) is 3.12. The van der Waals surface area contributed by atoms with E-state index in [1.165, 1.54) is 0 Å². The van der Waals surface area contributed by atoms with Gasteiger partial charge in [0.1, 0.15) is 0 Å². The fourth-order valence-corrected chi connectivity index (χ4v) is 7.30. The normalized spacial score (nSPS) is 20.2. The lowest BCUT2D eigenvalue weighted by molar-refractivity contribution is -0.118. The molecule has 2 aliphatic heterocycles. The first-order chi connectivity index (χ1) is 18.3. The maximum atomic E-state index is 13.4. The van der Waals surface area contributed by atoms with E-state index in [-0.39, 0.29) is 20.2 Å². The van der Waals surface area contributed by atoms with Crippen molar-refractivity contribution in [2.45, 2.75) is 62.3 Å². The standard InChI is InChI=1S/C30H32N2O5S.H2/c1-20-6-10-24(31-29(33)30(14-15-30)23-9-13-27-28(17-23)37-19-36-27)18-26(20)22-7-11-25(12-8-22)38(34,35)32-16-4-3-5-21(32)2;/h6-13,17-18,21H,3-5,14-16,19H2,1-2H3,(H,31,33);1H. The van der Waals surface area contributed by atoms with E-state index >= 15 is 0 Å². The van der Waals surface area contributed by atoms with Crippen molar-refractivity contribution in [2.24, 2.45) is 0 Å². The minimum absolute atomic E-state index is 0. The van der Waals surface area contributed by atoms with E-state index in [0.717, 1.165) is 54.4 Å². The Hall–Kier alpha value is -3.36. The second-order valence-corrected chi connectivity index (χ2v) is 12.5. The third-order valence-electron chi connectivity index (χ3n) is 8.12. The maximum Gasteiger partial charge on any atom is 0.243 e. The SMILES string of the molecule is Cc1ccc(NC(=O)C2(c3ccc4c(c3)OCO4)CC2)cc1-c1ccc(S(=O)(=O)N2CCCCC2C)cc1.[HH]. The van der Waals surface area contributed by atoms with Crippen molar-refractivity contribution in [2.75, 3.05) is 18.7 Å². The summed E-state index contributed by atoms with van der Waals surface area (Å²) in [4.78, 5) is 13.7. The number of piperidine rings is 1. The van der Waals surface area contributed by atoms with Crippen LogP contribution in [0.25, 0.3) is 11.1 Å². The summed E-state index contributed by atoms with van der Waals surface area (Å²) in [5.41, 5.74) is 3.98. The molecule has 6 rings (SSSR count). The first-order valence-electron chi connectivity index (χ1n) is 13.2. The largest absolute Gasteiger partial charge is 0.454 e. The van der Waals surface area contributed by atoms with E-state index in [9.17, 15) is 13.2 Å². The Morgan fingerprint density at radius 1 is 1.00 bits per heavy atom. The Morgan fingerprint density at radius 3 is 2.50 bits per heavy atom. The predicted molar refractivity (Wildman–Crippen MR) is 148 cm³/mol. The average molecular weight is 535 g/mol.